The second-order valence-corrected chi connectivity index (χ2v) is 7.83. The maximum absolute atomic E-state index is 11.4. The van der Waals surface area contributed by atoms with Crippen molar-refractivity contribution in [2.75, 3.05) is 36.0 Å². The van der Waals surface area contributed by atoms with Gasteiger partial charge in [0.2, 0.25) is 11.0 Å². The Balaban J connectivity index is 1.42. The van der Waals surface area contributed by atoms with Crippen molar-refractivity contribution in [2.24, 2.45) is 0 Å². The second-order valence-electron chi connectivity index (χ2n) is 7.04. The highest BCUT2D eigenvalue weighted by atomic mass is 35.5. The molecule has 0 spiro atoms. The summed E-state index contributed by atoms with van der Waals surface area (Å²) in [4.78, 5) is 31.5. The second kappa shape index (κ2) is 8.17. The molecule has 1 aromatic carbocycles. The van der Waals surface area contributed by atoms with Gasteiger partial charge in [0.15, 0.2) is 5.65 Å². The molecule has 0 atom stereocenters. The third-order valence-electron chi connectivity index (χ3n) is 5.22. The van der Waals surface area contributed by atoms with E-state index in [1.54, 1.807) is 16.9 Å². The van der Waals surface area contributed by atoms with E-state index < -0.39 is 4.92 Å². The van der Waals surface area contributed by atoms with Gasteiger partial charge in [0.1, 0.15) is 18.5 Å². The van der Waals surface area contributed by atoms with Gasteiger partial charge in [-0.05, 0) is 18.2 Å². The first kappa shape index (κ1) is 20.3. The average molecular weight is 472 g/mol. The first-order chi connectivity index (χ1) is 15.5. The molecule has 5 rings (SSSR count). The third-order valence-corrected chi connectivity index (χ3v) is 5.73. The Morgan fingerprint density at radius 2 is 1.62 bits per heavy atom. The topological polar surface area (TPSA) is 119 Å². The summed E-state index contributed by atoms with van der Waals surface area (Å²) in [5.74, 6) is 0.967. The summed E-state index contributed by atoms with van der Waals surface area (Å²) in [6.07, 6.45) is 4.46. The summed E-state index contributed by atoms with van der Waals surface area (Å²) in [5.41, 5.74) is 1.18. The molecule has 1 aliphatic heterocycles. The smallest absolute Gasteiger partial charge is 0.348 e. The standard InChI is InChI=1S/C19H15Cl2N9O2/c20-12-2-1-3-13(8-12)29-18-14(9-26-29)17(23-11-24-18)27-4-6-28(7-5-27)19-15(30(31)32)16(21)22-10-25-19/h1-3,8-11H,4-7H2. The molecule has 162 valence electrons. The van der Waals surface area contributed by atoms with E-state index in [4.69, 9.17) is 23.2 Å². The number of fused-ring (bicyclic) bond motifs is 1. The highest BCUT2D eigenvalue weighted by Gasteiger charge is 2.29. The number of aromatic nitrogens is 6. The normalized spacial score (nSPS) is 14.2. The van der Waals surface area contributed by atoms with E-state index in [0.717, 1.165) is 16.9 Å². The Hall–Kier alpha value is -3.57. The zero-order valence-electron chi connectivity index (χ0n) is 16.5. The van der Waals surface area contributed by atoms with E-state index in [9.17, 15) is 10.1 Å². The largest absolute Gasteiger partial charge is 0.352 e. The van der Waals surface area contributed by atoms with Crippen LogP contribution in [0.4, 0.5) is 17.3 Å². The maximum atomic E-state index is 11.4. The number of benzene rings is 1. The third kappa shape index (κ3) is 3.55. The molecule has 1 fully saturated rings. The van der Waals surface area contributed by atoms with Gasteiger partial charge in [-0.1, -0.05) is 29.3 Å². The molecule has 0 saturated carbocycles. The molecule has 1 aliphatic rings. The van der Waals surface area contributed by atoms with Crippen LogP contribution in [0.3, 0.4) is 0 Å². The van der Waals surface area contributed by atoms with Crippen LogP contribution in [-0.4, -0.2) is 60.8 Å². The van der Waals surface area contributed by atoms with Crippen LogP contribution in [0.5, 0.6) is 0 Å². The van der Waals surface area contributed by atoms with Crippen LogP contribution in [0.2, 0.25) is 10.2 Å². The van der Waals surface area contributed by atoms with Crippen molar-refractivity contribution in [3.8, 4) is 5.69 Å². The highest BCUT2D eigenvalue weighted by Crippen LogP contribution is 2.33. The number of rotatable bonds is 4. The van der Waals surface area contributed by atoms with Gasteiger partial charge in [-0.15, -0.1) is 0 Å². The summed E-state index contributed by atoms with van der Waals surface area (Å²) in [5, 5.41) is 17.1. The Morgan fingerprint density at radius 3 is 2.34 bits per heavy atom. The molecule has 0 N–H and O–H groups in total. The Morgan fingerprint density at radius 1 is 0.938 bits per heavy atom. The fraction of sp³-hybridized carbons (Fsp3) is 0.211. The van der Waals surface area contributed by atoms with Gasteiger partial charge in [0, 0.05) is 31.2 Å². The van der Waals surface area contributed by atoms with Gasteiger partial charge in [-0.3, -0.25) is 10.1 Å². The fourth-order valence-corrected chi connectivity index (χ4v) is 4.13. The minimum Gasteiger partial charge on any atom is -0.352 e. The monoisotopic (exact) mass is 471 g/mol. The summed E-state index contributed by atoms with van der Waals surface area (Å²) in [7, 11) is 0. The summed E-state index contributed by atoms with van der Waals surface area (Å²) in [6, 6.07) is 7.36. The van der Waals surface area contributed by atoms with Crippen molar-refractivity contribution in [1.82, 2.24) is 29.7 Å². The summed E-state index contributed by atoms with van der Waals surface area (Å²) in [6.45, 7) is 2.16. The number of hydrogen-bond acceptors (Lipinski definition) is 9. The number of nitro groups is 1. The first-order valence-electron chi connectivity index (χ1n) is 9.62. The van der Waals surface area contributed by atoms with Crippen molar-refractivity contribution >= 4 is 51.6 Å². The molecule has 4 aromatic rings. The minimum absolute atomic E-state index is 0.173. The Kier molecular flexibility index (Phi) is 5.19. The number of halogens is 2. The Labute approximate surface area is 191 Å². The lowest BCUT2D eigenvalue weighted by molar-refractivity contribution is -0.384. The van der Waals surface area contributed by atoms with E-state index >= 15 is 0 Å². The quantitative estimate of drug-likeness (QED) is 0.251. The molecule has 0 radical (unpaired) electrons. The number of nitrogens with zero attached hydrogens (tertiary/aromatic N) is 9. The van der Waals surface area contributed by atoms with E-state index in [1.807, 2.05) is 23.1 Å². The minimum atomic E-state index is -0.553. The number of hydrogen-bond donors (Lipinski definition) is 0. The van der Waals surface area contributed by atoms with Crippen LogP contribution in [-0.2, 0) is 0 Å². The predicted octanol–water partition coefficient (Wildman–Crippen LogP) is 3.15. The molecule has 1 saturated heterocycles. The van der Waals surface area contributed by atoms with Crippen molar-refractivity contribution < 1.29 is 4.92 Å². The van der Waals surface area contributed by atoms with Crippen LogP contribution in [0.25, 0.3) is 16.7 Å². The van der Waals surface area contributed by atoms with Crippen LogP contribution in [0.15, 0.2) is 43.1 Å². The lowest BCUT2D eigenvalue weighted by Gasteiger charge is -2.35. The van der Waals surface area contributed by atoms with Crippen molar-refractivity contribution in [3.63, 3.8) is 0 Å². The first-order valence-corrected chi connectivity index (χ1v) is 10.4. The van der Waals surface area contributed by atoms with Crippen molar-refractivity contribution in [3.05, 3.63) is 63.4 Å². The molecule has 0 aliphatic carbocycles. The van der Waals surface area contributed by atoms with Crippen LogP contribution < -0.4 is 9.80 Å². The lowest BCUT2D eigenvalue weighted by Crippen LogP contribution is -2.47. The van der Waals surface area contributed by atoms with E-state index in [2.05, 4.69) is 29.9 Å². The van der Waals surface area contributed by atoms with Crippen molar-refractivity contribution in [2.45, 2.75) is 0 Å². The van der Waals surface area contributed by atoms with Gasteiger partial charge in [0.25, 0.3) is 0 Å². The molecule has 0 unspecified atom stereocenters. The molecule has 4 heterocycles. The maximum Gasteiger partial charge on any atom is 0.348 e. The van der Waals surface area contributed by atoms with E-state index in [0.29, 0.717) is 36.8 Å². The SMILES string of the molecule is O=[N+]([O-])c1c(Cl)ncnc1N1CCN(c2ncnc3c2cnn3-c2cccc(Cl)c2)CC1. The van der Waals surface area contributed by atoms with Gasteiger partial charge in [0.05, 0.1) is 22.2 Å². The van der Waals surface area contributed by atoms with Gasteiger partial charge in [-0.25, -0.2) is 24.6 Å². The molecule has 11 nitrogen and oxygen atoms in total. The van der Waals surface area contributed by atoms with Gasteiger partial charge in [-0.2, -0.15) is 5.10 Å². The fourth-order valence-electron chi connectivity index (χ4n) is 3.75. The number of piperazine rings is 1. The van der Waals surface area contributed by atoms with E-state index in [1.165, 1.54) is 12.7 Å². The molecule has 0 amide bonds. The molecular formula is C19H15Cl2N9O2. The van der Waals surface area contributed by atoms with Gasteiger partial charge >= 0.3 is 5.69 Å². The van der Waals surface area contributed by atoms with Crippen LogP contribution in [0.1, 0.15) is 0 Å². The zero-order chi connectivity index (χ0) is 22.2. The summed E-state index contributed by atoms with van der Waals surface area (Å²) < 4.78 is 1.72. The Bertz CT molecular complexity index is 1320. The highest BCUT2D eigenvalue weighted by molar-refractivity contribution is 6.32. The molecular weight excluding hydrogens is 457 g/mol. The molecule has 0 bridgehead atoms. The number of anilines is 2. The lowest BCUT2D eigenvalue weighted by atomic mass is 10.2. The van der Waals surface area contributed by atoms with Crippen LogP contribution >= 0.6 is 23.2 Å². The van der Waals surface area contributed by atoms with Gasteiger partial charge < -0.3 is 9.80 Å². The van der Waals surface area contributed by atoms with E-state index in [-0.39, 0.29) is 16.7 Å². The zero-order valence-corrected chi connectivity index (χ0v) is 18.0. The summed E-state index contributed by atoms with van der Waals surface area (Å²) >= 11 is 12.1. The molecule has 3 aromatic heterocycles. The predicted molar refractivity (Wildman–Crippen MR) is 120 cm³/mol. The van der Waals surface area contributed by atoms with Crippen molar-refractivity contribution in [1.29, 1.82) is 0 Å². The van der Waals surface area contributed by atoms with Crippen LogP contribution in [0, 0.1) is 10.1 Å². The molecule has 13 heteroatoms. The average Bonchev–Trinajstić information content (AvgIpc) is 3.23. The molecule has 32 heavy (non-hydrogen) atoms.